The van der Waals surface area contributed by atoms with Gasteiger partial charge in [-0.25, -0.2) is 0 Å². The lowest BCUT2D eigenvalue weighted by molar-refractivity contribution is 0.0178. The van der Waals surface area contributed by atoms with Gasteiger partial charge in [0.2, 0.25) is 0 Å². The minimum atomic E-state index is 0.120. The molecule has 0 spiro atoms. The van der Waals surface area contributed by atoms with Crippen LogP contribution in [0.1, 0.15) is 11.3 Å². The van der Waals surface area contributed by atoms with Gasteiger partial charge in [-0.15, -0.1) is 0 Å². The Kier molecular flexibility index (Phi) is 4.16. The van der Waals surface area contributed by atoms with Gasteiger partial charge in [0.15, 0.2) is 0 Å². The average molecular weight is 314 g/mol. The summed E-state index contributed by atoms with van der Waals surface area (Å²) in [5.74, 6) is 1.57. The number of hydrogen-bond donors (Lipinski definition) is 0. The van der Waals surface area contributed by atoms with E-state index in [1.165, 1.54) is 0 Å². The molecule has 5 heteroatoms. The van der Waals surface area contributed by atoms with Crippen molar-refractivity contribution in [2.45, 2.75) is 13.2 Å². The third-order valence-electron chi connectivity index (χ3n) is 4.93. The minimum Gasteiger partial charge on any atom is -0.468 e. The SMILES string of the molecule is c1cncc(COC[C@@]23COC[C@@H]2CN(Cc2ccco2)C3)c1. The van der Waals surface area contributed by atoms with Crippen molar-refractivity contribution >= 4 is 0 Å². The Hall–Kier alpha value is -1.69. The van der Waals surface area contributed by atoms with Crippen molar-refractivity contribution in [3.05, 3.63) is 54.2 Å². The van der Waals surface area contributed by atoms with E-state index in [-0.39, 0.29) is 5.41 Å². The van der Waals surface area contributed by atoms with Crippen LogP contribution in [-0.2, 0) is 22.6 Å². The Labute approximate surface area is 136 Å². The maximum atomic E-state index is 6.02. The predicted molar refractivity (Wildman–Crippen MR) is 84.6 cm³/mol. The summed E-state index contributed by atoms with van der Waals surface area (Å²) in [5.41, 5.74) is 1.24. The Bertz CT molecular complexity index is 616. The maximum absolute atomic E-state index is 6.02. The van der Waals surface area contributed by atoms with Gasteiger partial charge in [-0.05, 0) is 23.8 Å². The topological polar surface area (TPSA) is 47.7 Å². The summed E-state index contributed by atoms with van der Waals surface area (Å²) < 4.78 is 17.3. The molecule has 0 saturated carbocycles. The van der Waals surface area contributed by atoms with Crippen molar-refractivity contribution in [1.29, 1.82) is 0 Å². The smallest absolute Gasteiger partial charge is 0.117 e. The Morgan fingerprint density at radius 1 is 1.35 bits per heavy atom. The normalized spacial score (nSPS) is 27.4. The molecule has 2 fully saturated rings. The number of aromatic nitrogens is 1. The predicted octanol–water partition coefficient (Wildman–Crippen LogP) is 2.34. The van der Waals surface area contributed by atoms with E-state index in [4.69, 9.17) is 13.9 Å². The van der Waals surface area contributed by atoms with Gasteiger partial charge >= 0.3 is 0 Å². The molecule has 0 amide bonds. The van der Waals surface area contributed by atoms with Crippen LogP contribution in [0.2, 0.25) is 0 Å². The van der Waals surface area contributed by atoms with Crippen LogP contribution in [0, 0.1) is 11.3 Å². The van der Waals surface area contributed by atoms with E-state index in [2.05, 4.69) is 9.88 Å². The van der Waals surface area contributed by atoms with Gasteiger partial charge in [-0.2, -0.15) is 0 Å². The molecular formula is C18H22N2O3. The molecule has 2 aromatic heterocycles. The summed E-state index contributed by atoms with van der Waals surface area (Å²) in [7, 11) is 0. The number of fused-ring (bicyclic) bond motifs is 1. The number of ether oxygens (including phenoxy) is 2. The van der Waals surface area contributed by atoms with Gasteiger partial charge in [0.05, 0.1) is 39.2 Å². The molecule has 2 aliphatic heterocycles. The largest absolute Gasteiger partial charge is 0.468 e. The highest BCUT2D eigenvalue weighted by Crippen LogP contribution is 2.42. The van der Waals surface area contributed by atoms with Crippen molar-refractivity contribution in [2.24, 2.45) is 11.3 Å². The molecule has 0 radical (unpaired) electrons. The van der Waals surface area contributed by atoms with Crippen LogP contribution in [0.25, 0.3) is 0 Å². The fourth-order valence-electron chi connectivity index (χ4n) is 3.75. The first-order chi connectivity index (χ1) is 11.3. The average Bonchev–Trinajstić information content (AvgIpc) is 3.25. The lowest BCUT2D eigenvalue weighted by Crippen LogP contribution is -2.35. The molecule has 0 aliphatic carbocycles. The molecule has 0 unspecified atom stereocenters. The second-order valence-corrected chi connectivity index (χ2v) is 6.68. The molecule has 2 aromatic rings. The lowest BCUT2D eigenvalue weighted by Gasteiger charge is -2.27. The third kappa shape index (κ3) is 3.17. The van der Waals surface area contributed by atoms with Crippen LogP contribution in [0.5, 0.6) is 0 Å². The fourth-order valence-corrected chi connectivity index (χ4v) is 3.75. The number of nitrogens with zero attached hydrogens (tertiary/aromatic N) is 2. The Morgan fingerprint density at radius 3 is 3.17 bits per heavy atom. The molecular weight excluding hydrogens is 292 g/mol. The van der Waals surface area contributed by atoms with Gasteiger partial charge in [0, 0.05) is 36.8 Å². The zero-order valence-corrected chi connectivity index (χ0v) is 13.2. The van der Waals surface area contributed by atoms with E-state index >= 15 is 0 Å². The second kappa shape index (κ2) is 6.43. The lowest BCUT2D eigenvalue weighted by atomic mass is 9.82. The Morgan fingerprint density at radius 2 is 2.35 bits per heavy atom. The van der Waals surface area contributed by atoms with E-state index in [1.54, 1.807) is 12.5 Å². The van der Waals surface area contributed by atoms with E-state index < -0.39 is 0 Å². The molecule has 23 heavy (non-hydrogen) atoms. The standard InChI is InChI=1S/C18H22N2O3/c1-3-15(7-19-5-1)10-21-13-18-12-20(8-16(18)11-22-14-18)9-17-4-2-6-23-17/h1-7,16H,8-14H2/t16-,18-/m0/s1. The van der Waals surface area contributed by atoms with Crippen LogP contribution >= 0.6 is 0 Å². The number of rotatable bonds is 6. The molecule has 2 saturated heterocycles. The van der Waals surface area contributed by atoms with E-state index in [1.807, 2.05) is 30.5 Å². The van der Waals surface area contributed by atoms with Crippen molar-refractivity contribution in [2.75, 3.05) is 32.9 Å². The number of hydrogen-bond acceptors (Lipinski definition) is 5. The molecule has 5 nitrogen and oxygen atoms in total. The maximum Gasteiger partial charge on any atom is 0.117 e. The van der Waals surface area contributed by atoms with Crippen LogP contribution in [0.3, 0.4) is 0 Å². The van der Waals surface area contributed by atoms with Crippen molar-refractivity contribution in [1.82, 2.24) is 9.88 Å². The van der Waals surface area contributed by atoms with Crippen molar-refractivity contribution in [3.63, 3.8) is 0 Å². The zero-order chi connectivity index (χ0) is 15.5. The first kappa shape index (κ1) is 14.9. The highest BCUT2D eigenvalue weighted by molar-refractivity contribution is 5.07. The Balaban J connectivity index is 1.35. The monoisotopic (exact) mass is 314 g/mol. The van der Waals surface area contributed by atoms with E-state index in [9.17, 15) is 0 Å². The quantitative estimate of drug-likeness (QED) is 0.819. The van der Waals surface area contributed by atoms with Crippen LogP contribution in [0.4, 0.5) is 0 Å². The van der Waals surface area contributed by atoms with Gasteiger partial charge in [0.1, 0.15) is 5.76 Å². The summed E-state index contributed by atoms with van der Waals surface area (Å²) in [6, 6.07) is 7.97. The molecule has 0 aromatic carbocycles. The summed E-state index contributed by atoms with van der Waals surface area (Å²) in [6.45, 7) is 5.90. The number of pyridine rings is 1. The molecule has 2 aliphatic rings. The first-order valence-corrected chi connectivity index (χ1v) is 8.13. The highest BCUT2D eigenvalue weighted by Gasteiger charge is 2.50. The first-order valence-electron chi connectivity index (χ1n) is 8.13. The molecule has 0 bridgehead atoms. The molecule has 4 heterocycles. The molecule has 122 valence electrons. The second-order valence-electron chi connectivity index (χ2n) is 6.68. The van der Waals surface area contributed by atoms with Crippen LogP contribution in [-0.4, -0.2) is 42.8 Å². The van der Waals surface area contributed by atoms with E-state index in [0.717, 1.165) is 50.8 Å². The van der Waals surface area contributed by atoms with Gasteiger partial charge in [0.25, 0.3) is 0 Å². The summed E-state index contributed by atoms with van der Waals surface area (Å²) in [6.07, 6.45) is 5.38. The van der Waals surface area contributed by atoms with Gasteiger partial charge < -0.3 is 13.9 Å². The van der Waals surface area contributed by atoms with E-state index in [0.29, 0.717) is 12.5 Å². The highest BCUT2D eigenvalue weighted by atomic mass is 16.5. The van der Waals surface area contributed by atoms with Crippen molar-refractivity contribution < 1.29 is 13.9 Å². The molecule has 2 atom stereocenters. The third-order valence-corrected chi connectivity index (χ3v) is 4.93. The molecule has 4 rings (SSSR count). The van der Waals surface area contributed by atoms with Gasteiger partial charge in [-0.3, -0.25) is 9.88 Å². The van der Waals surface area contributed by atoms with Gasteiger partial charge in [-0.1, -0.05) is 6.07 Å². The van der Waals surface area contributed by atoms with Crippen LogP contribution in [0.15, 0.2) is 47.3 Å². The number of likely N-dealkylation sites (tertiary alicyclic amines) is 1. The van der Waals surface area contributed by atoms with Crippen molar-refractivity contribution in [3.8, 4) is 0 Å². The summed E-state index contributed by atoms with van der Waals surface area (Å²) in [5, 5.41) is 0. The molecule has 0 N–H and O–H groups in total. The minimum absolute atomic E-state index is 0.120. The zero-order valence-electron chi connectivity index (χ0n) is 13.2. The number of furan rings is 1. The van der Waals surface area contributed by atoms with Crippen LogP contribution < -0.4 is 0 Å². The summed E-state index contributed by atoms with van der Waals surface area (Å²) >= 11 is 0. The fraction of sp³-hybridized carbons (Fsp3) is 0.500. The summed E-state index contributed by atoms with van der Waals surface area (Å²) in [4.78, 5) is 6.59.